The molecule has 0 aromatic heterocycles. The second-order valence-electron chi connectivity index (χ2n) is 3.87. The largest absolute Gasteiger partial charge is 0.548 e. The smallest absolute Gasteiger partial charge is 0.241 e. The van der Waals surface area contributed by atoms with E-state index in [0.29, 0.717) is 5.69 Å². The van der Waals surface area contributed by atoms with Crippen LogP contribution in [-0.4, -0.2) is 26.3 Å². The zero-order valence-electron chi connectivity index (χ0n) is 10.3. The van der Waals surface area contributed by atoms with E-state index in [4.69, 9.17) is 0 Å². The van der Waals surface area contributed by atoms with Crippen molar-refractivity contribution >= 4 is 27.6 Å². The number of benzene rings is 1. The molecule has 0 heterocycles. The molecule has 0 aliphatic carbocycles. The summed E-state index contributed by atoms with van der Waals surface area (Å²) in [6.07, 6.45) is 0. The molecule has 19 heavy (non-hydrogen) atoms. The third kappa shape index (κ3) is 4.34. The number of carbonyl (C=O) groups is 2. The van der Waals surface area contributed by atoms with E-state index in [1.54, 1.807) is 0 Å². The molecule has 2 N–H and O–H groups in total. The fourth-order valence-electron chi connectivity index (χ4n) is 1.27. The van der Waals surface area contributed by atoms with Gasteiger partial charge in [0.2, 0.25) is 15.9 Å². The Balaban J connectivity index is 2.90. The number of hydrogen-bond donors (Lipinski definition) is 2. The molecule has 0 radical (unpaired) electrons. The zero-order valence-corrected chi connectivity index (χ0v) is 11.2. The first kappa shape index (κ1) is 15.1. The highest BCUT2D eigenvalue weighted by atomic mass is 32.2. The number of aliphatic carboxylic acids is 1. The van der Waals surface area contributed by atoms with Gasteiger partial charge in [-0.2, -0.15) is 0 Å². The maximum absolute atomic E-state index is 11.8. The van der Waals surface area contributed by atoms with Crippen LogP contribution in [0.1, 0.15) is 13.8 Å². The van der Waals surface area contributed by atoms with Crippen molar-refractivity contribution in [1.82, 2.24) is 4.72 Å². The third-order valence-corrected chi connectivity index (χ3v) is 3.73. The van der Waals surface area contributed by atoms with Gasteiger partial charge in [0.15, 0.2) is 0 Å². The van der Waals surface area contributed by atoms with Crippen LogP contribution in [-0.2, 0) is 19.6 Å². The van der Waals surface area contributed by atoms with E-state index in [1.807, 2.05) is 4.72 Å². The number of nitrogens with one attached hydrogen (secondary N) is 2. The highest BCUT2D eigenvalue weighted by molar-refractivity contribution is 7.89. The Hall–Kier alpha value is -1.93. The maximum atomic E-state index is 11.8. The number of rotatable bonds is 5. The highest BCUT2D eigenvalue weighted by Crippen LogP contribution is 2.14. The van der Waals surface area contributed by atoms with Crippen LogP contribution in [0, 0.1) is 0 Å². The minimum atomic E-state index is -3.93. The number of hydrogen-bond acceptors (Lipinski definition) is 5. The summed E-state index contributed by atoms with van der Waals surface area (Å²) in [4.78, 5) is 21.2. The summed E-state index contributed by atoms with van der Waals surface area (Å²) in [5.74, 6) is -1.79. The molecule has 0 aliphatic rings. The number of amides is 1. The monoisotopic (exact) mass is 285 g/mol. The van der Waals surface area contributed by atoms with Gasteiger partial charge in [-0.3, -0.25) is 4.79 Å². The molecule has 8 heteroatoms. The van der Waals surface area contributed by atoms with Gasteiger partial charge in [-0.1, -0.05) is 0 Å². The Kier molecular flexibility index (Phi) is 4.62. The molecule has 0 saturated carbocycles. The predicted octanol–water partition coefficient (Wildman–Crippen LogP) is -0.938. The number of carboxylic acids is 1. The molecule has 0 fully saturated rings. The van der Waals surface area contributed by atoms with Crippen LogP contribution in [0.25, 0.3) is 0 Å². The number of carboxylic acid groups (broad SMARTS) is 1. The van der Waals surface area contributed by atoms with Crippen molar-refractivity contribution < 1.29 is 23.1 Å². The van der Waals surface area contributed by atoms with Crippen LogP contribution in [0.2, 0.25) is 0 Å². The van der Waals surface area contributed by atoms with Gasteiger partial charge in [0.25, 0.3) is 0 Å². The SMILES string of the molecule is CC(=O)Nc1ccc(S(=O)(=O)NC(C)C(=O)[O-])cc1. The standard InChI is InChI=1S/C11H14N2O5S/c1-7(11(15)16)13-19(17,18)10-5-3-9(4-6-10)12-8(2)14/h3-7,13H,1-2H3,(H,12,14)(H,15,16)/p-1. The Bertz CT molecular complexity index is 580. The molecular weight excluding hydrogens is 272 g/mol. The molecule has 0 saturated heterocycles. The normalized spacial score (nSPS) is 12.7. The lowest BCUT2D eigenvalue weighted by molar-refractivity contribution is -0.307. The summed E-state index contributed by atoms with van der Waals surface area (Å²) in [7, 11) is -3.93. The molecule has 1 aromatic rings. The number of carbonyl (C=O) groups excluding carboxylic acids is 2. The molecule has 0 aliphatic heterocycles. The summed E-state index contributed by atoms with van der Waals surface area (Å²) < 4.78 is 25.5. The first-order chi connectivity index (χ1) is 8.72. The van der Waals surface area contributed by atoms with Crippen molar-refractivity contribution in [2.24, 2.45) is 0 Å². The fourth-order valence-corrected chi connectivity index (χ4v) is 2.46. The molecule has 0 bridgehead atoms. The van der Waals surface area contributed by atoms with Crippen LogP contribution in [0.3, 0.4) is 0 Å². The van der Waals surface area contributed by atoms with Crippen molar-refractivity contribution in [2.45, 2.75) is 24.8 Å². The first-order valence-electron chi connectivity index (χ1n) is 5.33. The number of sulfonamides is 1. The predicted molar refractivity (Wildman–Crippen MR) is 65.5 cm³/mol. The average Bonchev–Trinajstić information content (AvgIpc) is 2.28. The van der Waals surface area contributed by atoms with Crippen molar-refractivity contribution in [3.05, 3.63) is 24.3 Å². The molecule has 1 atom stereocenters. The number of anilines is 1. The van der Waals surface area contributed by atoms with Crippen LogP contribution in [0.4, 0.5) is 5.69 Å². The van der Waals surface area contributed by atoms with Gasteiger partial charge in [0.05, 0.1) is 16.9 Å². The molecule has 1 rings (SSSR count). The quantitative estimate of drug-likeness (QED) is 0.724. The Morgan fingerprint density at radius 1 is 1.21 bits per heavy atom. The summed E-state index contributed by atoms with van der Waals surface area (Å²) >= 11 is 0. The van der Waals surface area contributed by atoms with E-state index in [1.165, 1.54) is 38.1 Å². The van der Waals surface area contributed by atoms with Crippen LogP contribution < -0.4 is 15.1 Å². The fraction of sp³-hybridized carbons (Fsp3) is 0.273. The zero-order chi connectivity index (χ0) is 14.6. The van der Waals surface area contributed by atoms with E-state index >= 15 is 0 Å². The van der Waals surface area contributed by atoms with Gasteiger partial charge in [0.1, 0.15) is 0 Å². The molecule has 104 valence electrons. The summed E-state index contributed by atoms with van der Waals surface area (Å²) in [6.45, 7) is 2.49. The van der Waals surface area contributed by atoms with Gasteiger partial charge < -0.3 is 15.2 Å². The molecule has 0 spiro atoms. The summed E-state index contributed by atoms with van der Waals surface area (Å²) in [6, 6.07) is 3.99. The van der Waals surface area contributed by atoms with E-state index in [2.05, 4.69) is 5.32 Å². The molecule has 1 aromatic carbocycles. The topological polar surface area (TPSA) is 115 Å². The van der Waals surface area contributed by atoms with Crippen molar-refractivity contribution in [3.63, 3.8) is 0 Å². The minimum absolute atomic E-state index is 0.102. The molecule has 1 unspecified atom stereocenters. The molecular formula is C11H13N2O5S-. The van der Waals surface area contributed by atoms with Crippen LogP contribution >= 0.6 is 0 Å². The lowest BCUT2D eigenvalue weighted by Crippen LogP contribution is -2.45. The van der Waals surface area contributed by atoms with Gasteiger partial charge >= 0.3 is 0 Å². The third-order valence-electron chi connectivity index (χ3n) is 2.17. The second kappa shape index (κ2) is 5.81. The van der Waals surface area contributed by atoms with Gasteiger partial charge in [0, 0.05) is 12.6 Å². The van der Waals surface area contributed by atoms with Gasteiger partial charge in [-0.25, -0.2) is 13.1 Å². The van der Waals surface area contributed by atoms with Gasteiger partial charge in [-0.05, 0) is 31.2 Å². The van der Waals surface area contributed by atoms with Crippen LogP contribution in [0.15, 0.2) is 29.2 Å². The minimum Gasteiger partial charge on any atom is -0.548 e. The summed E-state index contributed by atoms with van der Waals surface area (Å²) in [5, 5.41) is 13.0. The van der Waals surface area contributed by atoms with E-state index in [9.17, 15) is 23.1 Å². The molecule has 1 amide bonds. The Labute approximate surface area is 110 Å². The van der Waals surface area contributed by atoms with E-state index < -0.39 is 22.0 Å². The molecule has 7 nitrogen and oxygen atoms in total. The lowest BCUT2D eigenvalue weighted by atomic mass is 10.3. The average molecular weight is 285 g/mol. The van der Waals surface area contributed by atoms with Crippen molar-refractivity contribution in [3.8, 4) is 0 Å². The van der Waals surface area contributed by atoms with Crippen LogP contribution in [0.5, 0.6) is 0 Å². The van der Waals surface area contributed by atoms with Crippen molar-refractivity contribution in [1.29, 1.82) is 0 Å². The summed E-state index contributed by atoms with van der Waals surface area (Å²) in [5.41, 5.74) is 0.444. The Morgan fingerprint density at radius 2 is 1.74 bits per heavy atom. The lowest BCUT2D eigenvalue weighted by Gasteiger charge is -2.15. The van der Waals surface area contributed by atoms with E-state index in [-0.39, 0.29) is 10.8 Å². The first-order valence-corrected chi connectivity index (χ1v) is 6.81. The second-order valence-corrected chi connectivity index (χ2v) is 5.58. The van der Waals surface area contributed by atoms with Crippen molar-refractivity contribution in [2.75, 3.05) is 5.32 Å². The highest BCUT2D eigenvalue weighted by Gasteiger charge is 2.17. The Morgan fingerprint density at radius 3 is 2.16 bits per heavy atom. The maximum Gasteiger partial charge on any atom is 0.241 e. The van der Waals surface area contributed by atoms with E-state index in [0.717, 1.165) is 0 Å². The van der Waals surface area contributed by atoms with Gasteiger partial charge in [-0.15, -0.1) is 0 Å².